The van der Waals surface area contributed by atoms with Crippen molar-refractivity contribution in [3.63, 3.8) is 0 Å². The third-order valence-electron chi connectivity index (χ3n) is 5.45. The van der Waals surface area contributed by atoms with E-state index in [-0.39, 0.29) is 5.56 Å². The van der Waals surface area contributed by atoms with Crippen molar-refractivity contribution in [2.45, 2.75) is 51.4 Å². The number of alkyl halides is 2. The van der Waals surface area contributed by atoms with Gasteiger partial charge in [0.25, 0.3) is 12.3 Å². The Morgan fingerprint density at radius 1 is 1.33 bits per heavy atom. The van der Waals surface area contributed by atoms with E-state index in [9.17, 15) is 13.6 Å². The number of benzene rings is 1. The zero-order valence-electron chi connectivity index (χ0n) is 15.9. The Kier molecular flexibility index (Phi) is 6.24. The SMILES string of the molecule is CCCC1Cc2ccccc2C1CCCNC(=O)c1cn(C)nc1C(F)F. The van der Waals surface area contributed by atoms with Gasteiger partial charge in [-0.05, 0) is 48.6 Å². The molecule has 27 heavy (non-hydrogen) atoms. The summed E-state index contributed by atoms with van der Waals surface area (Å²) in [6.45, 7) is 2.70. The number of aromatic nitrogens is 2. The molecule has 2 aromatic rings. The van der Waals surface area contributed by atoms with Crippen LogP contribution < -0.4 is 5.32 Å². The number of fused-ring (bicyclic) bond motifs is 1. The maximum absolute atomic E-state index is 13.0. The molecule has 1 heterocycles. The van der Waals surface area contributed by atoms with Crippen molar-refractivity contribution < 1.29 is 13.6 Å². The first kappa shape index (κ1) is 19.5. The first-order valence-corrected chi connectivity index (χ1v) is 9.69. The molecule has 0 bridgehead atoms. The Labute approximate surface area is 159 Å². The van der Waals surface area contributed by atoms with Gasteiger partial charge in [-0.2, -0.15) is 5.10 Å². The van der Waals surface area contributed by atoms with Crippen LogP contribution in [0.2, 0.25) is 0 Å². The number of aryl methyl sites for hydroxylation is 1. The second-order valence-electron chi connectivity index (χ2n) is 7.36. The lowest BCUT2D eigenvalue weighted by Crippen LogP contribution is -2.25. The fourth-order valence-electron chi connectivity index (χ4n) is 4.29. The number of hydrogen-bond acceptors (Lipinski definition) is 2. The molecule has 2 unspecified atom stereocenters. The van der Waals surface area contributed by atoms with Crippen LogP contribution in [0.3, 0.4) is 0 Å². The Morgan fingerprint density at radius 3 is 2.85 bits per heavy atom. The summed E-state index contributed by atoms with van der Waals surface area (Å²) in [5.74, 6) is 0.704. The fourth-order valence-corrected chi connectivity index (χ4v) is 4.29. The van der Waals surface area contributed by atoms with Crippen molar-refractivity contribution in [2.75, 3.05) is 6.54 Å². The lowest BCUT2D eigenvalue weighted by Gasteiger charge is -2.20. The zero-order chi connectivity index (χ0) is 19.4. The Morgan fingerprint density at radius 2 is 2.11 bits per heavy atom. The monoisotopic (exact) mass is 375 g/mol. The van der Waals surface area contributed by atoms with Crippen LogP contribution in [0, 0.1) is 5.92 Å². The van der Waals surface area contributed by atoms with Crippen LogP contribution >= 0.6 is 0 Å². The third kappa shape index (κ3) is 4.37. The number of halogens is 2. The summed E-state index contributed by atoms with van der Waals surface area (Å²) >= 11 is 0. The van der Waals surface area contributed by atoms with E-state index < -0.39 is 18.0 Å². The van der Waals surface area contributed by atoms with Gasteiger partial charge in [0.05, 0.1) is 5.56 Å². The summed E-state index contributed by atoms with van der Waals surface area (Å²) in [4.78, 5) is 12.2. The van der Waals surface area contributed by atoms with Gasteiger partial charge < -0.3 is 5.32 Å². The lowest BCUT2D eigenvalue weighted by atomic mass is 9.85. The highest BCUT2D eigenvalue weighted by Gasteiger charge is 2.31. The predicted molar refractivity (Wildman–Crippen MR) is 101 cm³/mol. The van der Waals surface area contributed by atoms with Gasteiger partial charge in [-0.1, -0.05) is 37.6 Å². The van der Waals surface area contributed by atoms with Gasteiger partial charge in [0, 0.05) is 19.8 Å². The quantitative estimate of drug-likeness (QED) is 0.684. The first-order valence-electron chi connectivity index (χ1n) is 9.69. The molecule has 0 saturated carbocycles. The molecule has 1 aromatic carbocycles. The average Bonchev–Trinajstić information content (AvgIpc) is 3.20. The minimum atomic E-state index is -2.75. The summed E-state index contributed by atoms with van der Waals surface area (Å²) in [6, 6.07) is 8.63. The molecule has 1 aliphatic rings. The van der Waals surface area contributed by atoms with Gasteiger partial charge in [0.1, 0.15) is 5.69 Å². The Hall–Kier alpha value is -2.24. The summed E-state index contributed by atoms with van der Waals surface area (Å²) < 4.78 is 27.2. The van der Waals surface area contributed by atoms with E-state index in [0.29, 0.717) is 18.4 Å². The number of carbonyl (C=O) groups is 1. The number of nitrogens with zero attached hydrogens (tertiary/aromatic N) is 2. The molecular weight excluding hydrogens is 348 g/mol. The van der Waals surface area contributed by atoms with Crippen LogP contribution in [0.25, 0.3) is 0 Å². The predicted octanol–water partition coefficient (Wildman–Crippen LogP) is 4.62. The molecule has 0 spiro atoms. The molecule has 0 fully saturated rings. The van der Waals surface area contributed by atoms with Gasteiger partial charge in [-0.3, -0.25) is 9.48 Å². The van der Waals surface area contributed by atoms with E-state index in [1.807, 2.05) is 0 Å². The molecular formula is C21H27F2N3O. The number of rotatable bonds is 8. The molecule has 0 radical (unpaired) electrons. The zero-order valence-corrected chi connectivity index (χ0v) is 15.9. The molecule has 146 valence electrons. The Balaban J connectivity index is 1.56. The molecule has 4 nitrogen and oxygen atoms in total. The highest BCUT2D eigenvalue weighted by molar-refractivity contribution is 5.95. The maximum Gasteiger partial charge on any atom is 0.282 e. The van der Waals surface area contributed by atoms with E-state index in [4.69, 9.17) is 0 Å². The van der Waals surface area contributed by atoms with Crippen LogP contribution in [-0.2, 0) is 13.5 Å². The standard InChI is InChI=1S/C21H27F2N3O/c1-3-7-14-12-15-8-4-5-9-16(15)17(14)10-6-11-24-21(27)18-13-26(2)25-19(18)20(22)23/h4-5,8-9,13-14,17,20H,3,6-7,10-12H2,1-2H3,(H,24,27). The lowest BCUT2D eigenvalue weighted by molar-refractivity contribution is 0.0938. The highest BCUT2D eigenvalue weighted by Crippen LogP contribution is 2.42. The van der Waals surface area contributed by atoms with E-state index in [1.165, 1.54) is 41.9 Å². The molecule has 2 atom stereocenters. The molecule has 1 aromatic heterocycles. The molecule has 6 heteroatoms. The van der Waals surface area contributed by atoms with Gasteiger partial charge in [-0.25, -0.2) is 8.78 Å². The molecule has 1 aliphatic carbocycles. The number of carbonyl (C=O) groups excluding carboxylic acids is 1. The fraction of sp³-hybridized carbons (Fsp3) is 0.524. The number of nitrogens with one attached hydrogen (secondary N) is 1. The summed E-state index contributed by atoms with van der Waals surface area (Å²) in [5.41, 5.74) is 2.39. The van der Waals surface area contributed by atoms with Gasteiger partial charge >= 0.3 is 0 Å². The summed E-state index contributed by atoms with van der Waals surface area (Å²) in [6.07, 6.45) is 3.93. The van der Waals surface area contributed by atoms with Crippen molar-refractivity contribution in [3.8, 4) is 0 Å². The van der Waals surface area contributed by atoms with Gasteiger partial charge in [0.15, 0.2) is 0 Å². The molecule has 1 amide bonds. The van der Waals surface area contributed by atoms with Crippen LogP contribution in [0.1, 0.15) is 72.1 Å². The van der Waals surface area contributed by atoms with Gasteiger partial charge in [-0.15, -0.1) is 0 Å². The minimum Gasteiger partial charge on any atom is -0.352 e. The van der Waals surface area contributed by atoms with Crippen molar-refractivity contribution in [1.82, 2.24) is 15.1 Å². The third-order valence-corrected chi connectivity index (χ3v) is 5.45. The topological polar surface area (TPSA) is 46.9 Å². The number of amides is 1. The normalized spacial score (nSPS) is 18.7. The second-order valence-corrected chi connectivity index (χ2v) is 7.36. The van der Waals surface area contributed by atoms with Crippen molar-refractivity contribution in [3.05, 3.63) is 52.8 Å². The van der Waals surface area contributed by atoms with Crippen molar-refractivity contribution in [1.29, 1.82) is 0 Å². The van der Waals surface area contributed by atoms with Crippen molar-refractivity contribution >= 4 is 5.91 Å². The Bertz CT molecular complexity index is 787. The van der Waals surface area contributed by atoms with Crippen molar-refractivity contribution in [2.24, 2.45) is 13.0 Å². The average molecular weight is 375 g/mol. The van der Waals surface area contributed by atoms with Gasteiger partial charge in [0.2, 0.25) is 0 Å². The largest absolute Gasteiger partial charge is 0.352 e. The highest BCUT2D eigenvalue weighted by atomic mass is 19.3. The molecule has 1 N–H and O–H groups in total. The van der Waals surface area contributed by atoms with E-state index in [2.05, 4.69) is 41.6 Å². The summed E-state index contributed by atoms with van der Waals surface area (Å²) in [7, 11) is 1.54. The second kappa shape index (κ2) is 8.63. The van der Waals surface area contributed by atoms with Crippen LogP contribution in [0.5, 0.6) is 0 Å². The molecule has 3 rings (SSSR count). The van der Waals surface area contributed by atoms with Crippen LogP contribution in [0.4, 0.5) is 8.78 Å². The first-order chi connectivity index (χ1) is 13.0. The smallest absolute Gasteiger partial charge is 0.282 e. The van der Waals surface area contributed by atoms with Crippen LogP contribution in [0.15, 0.2) is 30.5 Å². The maximum atomic E-state index is 13.0. The van der Waals surface area contributed by atoms with E-state index in [0.717, 1.165) is 19.3 Å². The number of hydrogen-bond donors (Lipinski definition) is 1. The molecule has 0 aliphatic heterocycles. The van der Waals surface area contributed by atoms with E-state index in [1.54, 1.807) is 0 Å². The minimum absolute atomic E-state index is 0.0393. The summed E-state index contributed by atoms with van der Waals surface area (Å²) in [5, 5.41) is 6.46. The van der Waals surface area contributed by atoms with Crippen LogP contribution in [-0.4, -0.2) is 22.2 Å². The van der Waals surface area contributed by atoms with E-state index >= 15 is 0 Å². The molecule has 0 saturated heterocycles.